The van der Waals surface area contributed by atoms with Crippen molar-refractivity contribution in [3.8, 4) is 5.88 Å². The smallest absolute Gasteiger partial charge is 0.262 e. The summed E-state index contributed by atoms with van der Waals surface area (Å²) in [4.78, 5) is 20.8. The molecule has 0 saturated carbocycles. The molecule has 0 fully saturated rings. The van der Waals surface area contributed by atoms with Crippen molar-refractivity contribution in [3.63, 3.8) is 0 Å². The first kappa shape index (κ1) is 17.1. The molecule has 1 heterocycles. The minimum absolute atomic E-state index is 0.0415. The first-order valence-corrected chi connectivity index (χ1v) is 8.08. The Morgan fingerprint density at radius 2 is 2.04 bits per heavy atom. The number of nitrogens with one attached hydrogen (secondary N) is 1. The van der Waals surface area contributed by atoms with E-state index in [4.69, 9.17) is 16.3 Å². The van der Waals surface area contributed by atoms with E-state index in [-0.39, 0.29) is 17.3 Å². The van der Waals surface area contributed by atoms with E-state index in [9.17, 15) is 9.18 Å². The van der Waals surface area contributed by atoms with E-state index in [2.05, 4.69) is 15.3 Å². The Hall–Kier alpha value is -2.73. The molecule has 0 aliphatic heterocycles. The number of ether oxygens (including phenoxy) is 1. The molecule has 1 aromatic heterocycles. The van der Waals surface area contributed by atoms with Crippen LogP contribution in [0.25, 0.3) is 10.9 Å². The summed E-state index contributed by atoms with van der Waals surface area (Å²) in [6.45, 7) is 1.64. The summed E-state index contributed by atoms with van der Waals surface area (Å²) in [5.41, 5.74) is 0.785. The number of rotatable bonds is 5. The summed E-state index contributed by atoms with van der Waals surface area (Å²) in [7, 11) is 0. The van der Waals surface area contributed by atoms with Gasteiger partial charge in [0.15, 0.2) is 6.61 Å². The minimum atomic E-state index is -0.610. The maximum Gasteiger partial charge on any atom is 0.262 e. The summed E-state index contributed by atoms with van der Waals surface area (Å²) >= 11 is 5.69. The summed E-state index contributed by atoms with van der Waals surface area (Å²) in [6, 6.07) is 11.4. The number of aryl methyl sites for hydroxylation is 1. The Balaban J connectivity index is 1.74. The number of nitrogens with zero attached hydrogens (tertiary/aromatic N) is 2. The molecule has 0 unspecified atom stereocenters. The molecule has 1 N–H and O–H groups in total. The van der Waals surface area contributed by atoms with E-state index in [1.54, 1.807) is 0 Å². The topological polar surface area (TPSA) is 64.1 Å². The predicted octanol–water partition coefficient (Wildman–Crippen LogP) is 4.00. The fraction of sp³-hybridized carbons (Fsp3) is 0.167. The second-order valence-electron chi connectivity index (χ2n) is 5.28. The average Bonchev–Trinajstić information content (AvgIpc) is 2.61. The highest BCUT2D eigenvalue weighted by Gasteiger charge is 2.12. The number of hydrogen-bond acceptors (Lipinski definition) is 4. The van der Waals surface area contributed by atoms with Crippen molar-refractivity contribution in [2.45, 2.75) is 13.3 Å². The Morgan fingerprint density at radius 1 is 1.24 bits per heavy atom. The predicted molar refractivity (Wildman–Crippen MR) is 94.5 cm³/mol. The lowest BCUT2D eigenvalue weighted by Crippen LogP contribution is -2.21. The van der Waals surface area contributed by atoms with Gasteiger partial charge in [-0.1, -0.05) is 30.7 Å². The normalized spacial score (nSPS) is 10.7. The van der Waals surface area contributed by atoms with Crippen molar-refractivity contribution in [2.24, 2.45) is 0 Å². The Bertz CT molecular complexity index is 933. The van der Waals surface area contributed by atoms with Crippen LogP contribution in [0.2, 0.25) is 5.02 Å². The average molecular weight is 360 g/mol. The van der Waals surface area contributed by atoms with Gasteiger partial charge in [-0.3, -0.25) is 4.79 Å². The van der Waals surface area contributed by atoms with Gasteiger partial charge in [-0.15, -0.1) is 0 Å². The standard InChI is InChI=1S/C18H15ClFN3O2/c1-2-16-21-14-6-4-3-5-12(14)18(23-16)25-10-17(24)22-15-8-7-11(19)9-13(15)20/h3-9H,2,10H2,1H3,(H,22,24). The molecule has 0 atom stereocenters. The van der Waals surface area contributed by atoms with E-state index < -0.39 is 11.7 Å². The molecule has 2 aromatic carbocycles. The lowest BCUT2D eigenvalue weighted by molar-refractivity contribution is -0.118. The molecule has 128 valence electrons. The summed E-state index contributed by atoms with van der Waals surface area (Å²) in [5.74, 6) is -0.157. The van der Waals surface area contributed by atoms with Gasteiger partial charge in [-0.25, -0.2) is 9.37 Å². The van der Waals surface area contributed by atoms with Crippen LogP contribution < -0.4 is 10.1 Å². The number of para-hydroxylation sites is 1. The first-order valence-electron chi connectivity index (χ1n) is 7.70. The number of aromatic nitrogens is 2. The Labute approximate surface area is 148 Å². The minimum Gasteiger partial charge on any atom is -0.467 e. The van der Waals surface area contributed by atoms with Crippen LogP contribution in [0, 0.1) is 5.82 Å². The fourth-order valence-electron chi connectivity index (χ4n) is 2.27. The van der Waals surface area contributed by atoms with Gasteiger partial charge in [0.2, 0.25) is 5.88 Å². The third-order valence-corrected chi connectivity index (χ3v) is 3.71. The van der Waals surface area contributed by atoms with Crippen molar-refractivity contribution in [3.05, 3.63) is 59.1 Å². The van der Waals surface area contributed by atoms with Crippen molar-refractivity contribution in [1.29, 1.82) is 0 Å². The maximum absolute atomic E-state index is 13.7. The second-order valence-corrected chi connectivity index (χ2v) is 5.71. The van der Waals surface area contributed by atoms with Crippen LogP contribution in [-0.4, -0.2) is 22.5 Å². The van der Waals surface area contributed by atoms with Gasteiger partial charge in [0.1, 0.15) is 11.6 Å². The summed E-state index contributed by atoms with van der Waals surface area (Å²) < 4.78 is 19.3. The number of anilines is 1. The molecule has 0 spiro atoms. The van der Waals surface area contributed by atoms with Crippen molar-refractivity contribution in [2.75, 3.05) is 11.9 Å². The SMILES string of the molecule is CCc1nc(OCC(=O)Nc2ccc(Cl)cc2F)c2ccccc2n1. The van der Waals surface area contributed by atoms with Crippen LogP contribution in [0.1, 0.15) is 12.7 Å². The molecule has 0 aliphatic rings. The van der Waals surface area contributed by atoms with Gasteiger partial charge in [-0.2, -0.15) is 4.98 Å². The molecular weight excluding hydrogens is 345 g/mol. The van der Waals surface area contributed by atoms with Crippen molar-refractivity contribution >= 4 is 34.1 Å². The third kappa shape index (κ3) is 4.03. The lowest BCUT2D eigenvalue weighted by atomic mass is 10.2. The van der Waals surface area contributed by atoms with E-state index in [0.717, 1.165) is 11.6 Å². The first-order chi connectivity index (χ1) is 12.1. The Morgan fingerprint density at radius 3 is 2.80 bits per heavy atom. The molecule has 25 heavy (non-hydrogen) atoms. The monoisotopic (exact) mass is 359 g/mol. The highest BCUT2D eigenvalue weighted by molar-refractivity contribution is 6.30. The Kier molecular flexibility index (Phi) is 5.09. The molecule has 0 aliphatic carbocycles. The number of carbonyl (C=O) groups excluding carboxylic acids is 1. The molecule has 5 nitrogen and oxygen atoms in total. The van der Waals surface area contributed by atoms with E-state index in [0.29, 0.717) is 23.5 Å². The van der Waals surface area contributed by atoms with Crippen LogP contribution in [0.5, 0.6) is 5.88 Å². The highest BCUT2D eigenvalue weighted by Crippen LogP contribution is 2.23. The molecule has 1 amide bonds. The fourth-order valence-corrected chi connectivity index (χ4v) is 2.43. The molecule has 3 aromatic rings. The molecule has 3 rings (SSSR count). The van der Waals surface area contributed by atoms with Crippen molar-refractivity contribution < 1.29 is 13.9 Å². The number of halogens is 2. The zero-order chi connectivity index (χ0) is 17.8. The van der Waals surface area contributed by atoms with Gasteiger partial charge < -0.3 is 10.1 Å². The molecule has 0 saturated heterocycles. The molecule has 0 bridgehead atoms. The molecule has 7 heteroatoms. The highest BCUT2D eigenvalue weighted by atomic mass is 35.5. The van der Waals surface area contributed by atoms with Crippen LogP contribution in [0.15, 0.2) is 42.5 Å². The van der Waals surface area contributed by atoms with Gasteiger partial charge in [-0.05, 0) is 30.3 Å². The zero-order valence-electron chi connectivity index (χ0n) is 13.4. The third-order valence-electron chi connectivity index (χ3n) is 3.48. The van der Waals surface area contributed by atoms with E-state index in [1.165, 1.54) is 12.1 Å². The number of fused-ring (bicyclic) bond motifs is 1. The van der Waals surface area contributed by atoms with E-state index >= 15 is 0 Å². The van der Waals surface area contributed by atoms with Gasteiger partial charge in [0, 0.05) is 11.4 Å². The molecule has 0 radical (unpaired) electrons. The number of carbonyl (C=O) groups is 1. The maximum atomic E-state index is 13.7. The summed E-state index contributed by atoms with van der Waals surface area (Å²) in [5, 5.41) is 3.41. The number of benzene rings is 2. The van der Waals surface area contributed by atoms with Crippen molar-refractivity contribution in [1.82, 2.24) is 9.97 Å². The van der Waals surface area contributed by atoms with E-state index in [1.807, 2.05) is 31.2 Å². The van der Waals surface area contributed by atoms with Crippen LogP contribution >= 0.6 is 11.6 Å². The lowest BCUT2D eigenvalue weighted by Gasteiger charge is -2.10. The second kappa shape index (κ2) is 7.44. The van der Waals surface area contributed by atoms with Crippen LogP contribution in [0.3, 0.4) is 0 Å². The van der Waals surface area contributed by atoms with Gasteiger partial charge >= 0.3 is 0 Å². The summed E-state index contributed by atoms with van der Waals surface area (Å²) in [6.07, 6.45) is 0.642. The zero-order valence-corrected chi connectivity index (χ0v) is 14.2. The number of hydrogen-bond donors (Lipinski definition) is 1. The van der Waals surface area contributed by atoms with Gasteiger partial charge in [0.05, 0.1) is 16.6 Å². The van der Waals surface area contributed by atoms with Crippen LogP contribution in [0.4, 0.5) is 10.1 Å². The number of amides is 1. The quantitative estimate of drug-likeness (QED) is 0.747. The van der Waals surface area contributed by atoms with Crippen LogP contribution in [-0.2, 0) is 11.2 Å². The van der Waals surface area contributed by atoms with Gasteiger partial charge in [0.25, 0.3) is 5.91 Å². The molecular formula is C18H15ClFN3O2. The largest absolute Gasteiger partial charge is 0.467 e.